The highest BCUT2D eigenvalue weighted by Gasteiger charge is 2.44. The normalized spacial score (nSPS) is 21.2. The van der Waals surface area contributed by atoms with E-state index in [0.29, 0.717) is 13.0 Å². The molecule has 1 saturated heterocycles. The zero-order chi connectivity index (χ0) is 19.9. The van der Waals surface area contributed by atoms with Crippen LogP contribution in [0.15, 0.2) is 12.3 Å². The lowest BCUT2D eigenvalue weighted by atomic mass is 9.77. The molecule has 1 atom stereocenters. The molecule has 28 heavy (non-hydrogen) atoms. The summed E-state index contributed by atoms with van der Waals surface area (Å²) in [5.74, 6) is 0.981. The van der Waals surface area contributed by atoms with Gasteiger partial charge in [0.25, 0.3) is 0 Å². The number of fused-ring (bicyclic) bond motifs is 2. The van der Waals surface area contributed by atoms with E-state index >= 15 is 0 Å². The van der Waals surface area contributed by atoms with Crippen molar-refractivity contribution in [3.8, 4) is 0 Å². The van der Waals surface area contributed by atoms with Crippen molar-refractivity contribution < 1.29 is 4.79 Å². The lowest BCUT2D eigenvalue weighted by molar-refractivity contribution is -0.133. The third-order valence-electron chi connectivity index (χ3n) is 6.20. The van der Waals surface area contributed by atoms with Crippen molar-refractivity contribution in [3.05, 3.63) is 34.9 Å². The molecule has 7 heteroatoms. The highest BCUT2D eigenvalue weighted by atomic mass is 16.2. The number of aromatic nitrogens is 4. The predicted molar refractivity (Wildman–Crippen MR) is 108 cm³/mol. The summed E-state index contributed by atoms with van der Waals surface area (Å²) in [6.07, 6.45) is 6.69. The topological polar surface area (TPSA) is 67.2 Å². The maximum absolute atomic E-state index is 13.0. The van der Waals surface area contributed by atoms with Crippen LogP contribution in [0.25, 0.3) is 0 Å². The molecule has 0 saturated carbocycles. The van der Waals surface area contributed by atoms with Crippen LogP contribution in [0.3, 0.4) is 0 Å². The minimum Gasteiger partial charge on any atom is -0.347 e. The molecule has 4 rings (SSSR count). The molecular formula is C21H30N6O. The Labute approximate surface area is 166 Å². The van der Waals surface area contributed by atoms with Crippen LogP contribution in [0.5, 0.6) is 0 Å². The van der Waals surface area contributed by atoms with E-state index in [4.69, 9.17) is 4.98 Å². The molecular weight excluding hydrogens is 352 g/mol. The Morgan fingerprint density at radius 2 is 2.11 bits per heavy atom. The summed E-state index contributed by atoms with van der Waals surface area (Å²) in [5, 5.41) is 4.48. The number of aryl methyl sites for hydroxylation is 4. The first-order valence-electron chi connectivity index (χ1n) is 10.2. The standard InChI is InChI=1S/C21H30N6O/c1-15-12-16(2)27(24-15)11-7-18(28)26-10-5-8-21(14-26)9-6-17-13-22-20(25(3)4)23-19(17)21/h12-13H,5-11,14H2,1-4H3. The molecule has 2 aromatic rings. The van der Waals surface area contributed by atoms with Crippen LogP contribution in [0.1, 0.15) is 48.3 Å². The quantitative estimate of drug-likeness (QED) is 0.811. The van der Waals surface area contributed by atoms with E-state index < -0.39 is 0 Å². The number of anilines is 1. The minimum atomic E-state index is -0.00481. The predicted octanol–water partition coefficient (Wildman–Crippen LogP) is 2.25. The van der Waals surface area contributed by atoms with Gasteiger partial charge in [0, 0.05) is 57.5 Å². The Bertz CT molecular complexity index is 885. The first kappa shape index (κ1) is 18.9. The Kier molecular flexibility index (Phi) is 4.85. The molecule has 1 aliphatic heterocycles. The van der Waals surface area contributed by atoms with Gasteiger partial charge in [0.1, 0.15) is 0 Å². The van der Waals surface area contributed by atoms with Gasteiger partial charge in [-0.3, -0.25) is 9.48 Å². The number of rotatable bonds is 4. The average Bonchev–Trinajstić information content (AvgIpc) is 3.18. The van der Waals surface area contributed by atoms with Crippen molar-refractivity contribution in [3.63, 3.8) is 0 Å². The summed E-state index contributed by atoms with van der Waals surface area (Å²) in [5.41, 5.74) is 4.53. The van der Waals surface area contributed by atoms with Gasteiger partial charge in [0.15, 0.2) is 0 Å². The average molecular weight is 383 g/mol. The van der Waals surface area contributed by atoms with E-state index in [1.807, 2.05) is 43.7 Å². The molecule has 7 nitrogen and oxygen atoms in total. The monoisotopic (exact) mass is 382 g/mol. The van der Waals surface area contributed by atoms with E-state index in [9.17, 15) is 4.79 Å². The molecule has 0 aromatic carbocycles. The van der Waals surface area contributed by atoms with Gasteiger partial charge in [0.2, 0.25) is 11.9 Å². The molecule has 3 heterocycles. The number of likely N-dealkylation sites (tertiary alicyclic amines) is 1. The van der Waals surface area contributed by atoms with E-state index in [2.05, 4.69) is 21.0 Å². The number of nitrogens with zero attached hydrogens (tertiary/aromatic N) is 6. The van der Waals surface area contributed by atoms with Gasteiger partial charge in [0.05, 0.1) is 11.4 Å². The maximum atomic E-state index is 13.0. The SMILES string of the molecule is Cc1cc(C)n(CCC(=O)N2CCCC3(CCc4cnc(N(C)C)nc43)C2)n1. The fourth-order valence-corrected chi connectivity index (χ4v) is 4.75. The number of carbonyl (C=O) groups is 1. The Morgan fingerprint density at radius 1 is 1.29 bits per heavy atom. The molecule has 2 aliphatic rings. The molecule has 1 amide bonds. The molecule has 0 N–H and O–H groups in total. The summed E-state index contributed by atoms with van der Waals surface area (Å²) < 4.78 is 1.94. The maximum Gasteiger partial charge on any atom is 0.225 e. The number of piperidine rings is 1. The summed E-state index contributed by atoms with van der Waals surface area (Å²) in [6.45, 7) is 6.29. The molecule has 1 aliphatic carbocycles. The van der Waals surface area contributed by atoms with E-state index in [0.717, 1.165) is 56.1 Å². The van der Waals surface area contributed by atoms with Crippen LogP contribution >= 0.6 is 0 Å². The van der Waals surface area contributed by atoms with Gasteiger partial charge in [-0.1, -0.05) is 0 Å². The second-order valence-electron chi connectivity index (χ2n) is 8.54. The molecule has 1 unspecified atom stereocenters. The first-order chi connectivity index (χ1) is 13.4. The summed E-state index contributed by atoms with van der Waals surface area (Å²) in [4.78, 5) is 26.3. The molecule has 150 valence electrons. The smallest absolute Gasteiger partial charge is 0.225 e. The minimum absolute atomic E-state index is 0.00481. The van der Waals surface area contributed by atoms with Crippen LogP contribution in [0.4, 0.5) is 5.95 Å². The Balaban J connectivity index is 1.49. The van der Waals surface area contributed by atoms with Crippen LogP contribution in [0, 0.1) is 13.8 Å². The van der Waals surface area contributed by atoms with E-state index in [1.54, 1.807) is 0 Å². The number of hydrogen-bond donors (Lipinski definition) is 0. The molecule has 0 radical (unpaired) electrons. The van der Waals surface area contributed by atoms with Crippen molar-refractivity contribution in [2.24, 2.45) is 0 Å². The Hall–Kier alpha value is -2.44. The van der Waals surface area contributed by atoms with Crippen molar-refractivity contribution in [1.29, 1.82) is 0 Å². The van der Waals surface area contributed by atoms with Crippen molar-refractivity contribution in [2.75, 3.05) is 32.1 Å². The number of amides is 1. The zero-order valence-electron chi connectivity index (χ0n) is 17.4. The third-order valence-corrected chi connectivity index (χ3v) is 6.20. The van der Waals surface area contributed by atoms with E-state index in [1.165, 1.54) is 11.3 Å². The van der Waals surface area contributed by atoms with Gasteiger partial charge >= 0.3 is 0 Å². The van der Waals surface area contributed by atoms with Gasteiger partial charge in [-0.05, 0) is 51.2 Å². The van der Waals surface area contributed by atoms with Crippen molar-refractivity contribution in [2.45, 2.75) is 57.9 Å². The van der Waals surface area contributed by atoms with Crippen LogP contribution in [0.2, 0.25) is 0 Å². The molecule has 1 fully saturated rings. The summed E-state index contributed by atoms with van der Waals surface area (Å²) in [6, 6.07) is 2.05. The van der Waals surface area contributed by atoms with Gasteiger partial charge < -0.3 is 9.80 Å². The van der Waals surface area contributed by atoms with Crippen LogP contribution < -0.4 is 4.90 Å². The van der Waals surface area contributed by atoms with Gasteiger partial charge in [-0.25, -0.2) is 9.97 Å². The van der Waals surface area contributed by atoms with Crippen molar-refractivity contribution in [1.82, 2.24) is 24.6 Å². The fourth-order valence-electron chi connectivity index (χ4n) is 4.75. The lowest BCUT2D eigenvalue weighted by Gasteiger charge is -2.40. The third kappa shape index (κ3) is 3.38. The van der Waals surface area contributed by atoms with Crippen LogP contribution in [-0.2, 0) is 23.2 Å². The van der Waals surface area contributed by atoms with Gasteiger partial charge in [-0.15, -0.1) is 0 Å². The van der Waals surface area contributed by atoms with Gasteiger partial charge in [-0.2, -0.15) is 5.10 Å². The van der Waals surface area contributed by atoms with Crippen LogP contribution in [-0.4, -0.2) is 57.7 Å². The lowest BCUT2D eigenvalue weighted by Crippen LogP contribution is -2.48. The van der Waals surface area contributed by atoms with E-state index in [-0.39, 0.29) is 11.3 Å². The Morgan fingerprint density at radius 3 is 2.82 bits per heavy atom. The summed E-state index contributed by atoms with van der Waals surface area (Å²) >= 11 is 0. The zero-order valence-corrected chi connectivity index (χ0v) is 17.4. The highest BCUT2D eigenvalue weighted by Crippen LogP contribution is 2.44. The molecule has 1 spiro atoms. The first-order valence-corrected chi connectivity index (χ1v) is 10.2. The molecule has 2 aromatic heterocycles. The summed E-state index contributed by atoms with van der Waals surface area (Å²) in [7, 11) is 3.94. The second-order valence-corrected chi connectivity index (χ2v) is 8.54. The highest BCUT2D eigenvalue weighted by molar-refractivity contribution is 5.76. The second kappa shape index (κ2) is 7.18. The van der Waals surface area contributed by atoms with Crippen molar-refractivity contribution >= 4 is 11.9 Å². The fraction of sp³-hybridized carbons (Fsp3) is 0.619. The number of hydrogen-bond acceptors (Lipinski definition) is 5. The largest absolute Gasteiger partial charge is 0.347 e. The molecule has 0 bridgehead atoms. The number of carbonyl (C=O) groups excluding carboxylic acids is 1.